The van der Waals surface area contributed by atoms with Gasteiger partial charge in [-0.15, -0.1) is 0 Å². The van der Waals surface area contributed by atoms with Crippen molar-refractivity contribution in [1.82, 2.24) is 4.98 Å². The molecular weight excluding hydrogens is 131 g/mol. The van der Waals surface area contributed by atoms with Crippen LogP contribution in [-0.4, -0.2) is 18.2 Å². The minimum atomic E-state index is -0.365. The molecule has 0 radical (unpaired) electrons. The predicted octanol–water partition coefficient (Wildman–Crippen LogP) is 1.46. The van der Waals surface area contributed by atoms with Crippen LogP contribution in [0.3, 0.4) is 0 Å². The summed E-state index contributed by atoms with van der Waals surface area (Å²) >= 11 is 0. The van der Waals surface area contributed by atoms with Crippen LogP contribution in [0.15, 0.2) is 24.4 Å². The number of hydrogen-bond donors (Lipinski definition) is 1. The summed E-state index contributed by atoms with van der Waals surface area (Å²) < 4.78 is 11.6. The van der Waals surface area contributed by atoms with Gasteiger partial charge in [-0.1, -0.05) is 6.07 Å². The first-order valence-corrected chi connectivity index (χ1v) is 3.14. The minimum absolute atomic E-state index is 0.330. The molecule has 3 heteroatoms. The molecule has 0 aromatic carbocycles. The fourth-order valence-electron chi connectivity index (χ4n) is 0.643. The van der Waals surface area contributed by atoms with Crippen LogP contribution in [0.5, 0.6) is 0 Å². The molecule has 0 aliphatic carbocycles. The molecule has 0 spiro atoms. The van der Waals surface area contributed by atoms with Gasteiger partial charge in [0.25, 0.3) is 0 Å². The number of nitrogens with one attached hydrogen (secondary N) is 1. The largest absolute Gasteiger partial charge is 0.367 e. The van der Waals surface area contributed by atoms with Crippen molar-refractivity contribution < 1.29 is 4.39 Å². The molecule has 0 saturated heterocycles. The Hall–Kier alpha value is -1.12. The van der Waals surface area contributed by atoms with Crippen molar-refractivity contribution in [3.8, 4) is 0 Å². The maximum atomic E-state index is 11.6. The Labute approximate surface area is 59.1 Å². The van der Waals surface area contributed by atoms with Crippen LogP contribution in [0.25, 0.3) is 0 Å². The summed E-state index contributed by atoms with van der Waals surface area (Å²) in [5.41, 5.74) is 0. The molecule has 0 fully saturated rings. The van der Waals surface area contributed by atoms with Gasteiger partial charge in [0.15, 0.2) is 0 Å². The van der Waals surface area contributed by atoms with Crippen LogP contribution in [-0.2, 0) is 0 Å². The summed E-state index contributed by atoms with van der Waals surface area (Å²) in [6, 6.07) is 5.48. The first-order valence-electron chi connectivity index (χ1n) is 3.14. The second-order valence-electron chi connectivity index (χ2n) is 1.83. The molecule has 1 rings (SSSR count). The van der Waals surface area contributed by atoms with E-state index in [9.17, 15) is 4.39 Å². The number of hydrogen-bond acceptors (Lipinski definition) is 2. The lowest BCUT2D eigenvalue weighted by Crippen LogP contribution is -2.03. The standard InChI is InChI=1S/C7H9FN2/c8-4-6-10-7-3-1-2-5-9-7/h1-3,5H,4,6H2,(H,9,10). The lowest BCUT2D eigenvalue weighted by Gasteiger charge is -1.99. The lowest BCUT2D eigenvalue weighted by molar-refractivity contribution is 0.512. The van der Waals surface area contributed by atoms with Crippen molar-refractivity contribution in [2.45, 2.75) is 0 Å². The van der Waals surface area contributed by atoms with Gasteiger partial charge in [0.05, 0.1) is 0 Å². The van der Waals surface area contributed by atoms with Gasteiger partial charge in [-0.2, -0.15) is 0 Å². The second kappa shape index (κ2) is 3.82. The highest BCUT2D eigenvalue weighted by atomic mass is 19.1. The van der Waals surface area contributed by atoms with Crippen molar-refractivity contribution in [2.75, 3.05) is 18.5 Å². The molecule has 2 nitrogen and oxygen atoms in total. The zero-order valence-electron chi connectivity index (χ0n) is 5.55. The van der Waals surface area contributed by atoms with Crippen molar-refractivity contribution in [1.29, 1.82) is 0 Å². The number of alkyl halides is 1. The minimum Gasteiger partial charge on any atom is -0.367 e. The monoisotopic (exact) mass is 140 g/mol. The molecule has 1 aromatic rings. The molecule has 0 unspecified atom stereocenters. The van der Waals surface area contributed by atoms with Crippen LogP contribution in [0.2, 0.25) is 0 Å². The molecule has 0 atom stereocenters. The van der Waals surface area contributed by atoms with Gasteiger partial charge in [-0.25, -0.2) is 9.37 Å². The second-order valence-corrected chi connectivity index (χ2v) is 1.83. The molecule has 0 amide bonds. The molecule has 1 N–H and O–H groups in total. The maximum absolute atomic E-state index is 11.6. The van der Waals surface area contributed by atoms with Crippen molar-refractivity contribution >= 4 is 5.82 Å². The average molecular weight is 140 g/mol. The predicted molar refractivity (Wildman–Crippen MR) is 38.7 cm³/mol. The van der Waals surface area contributed by atoms with Crippen molar-refractivity contribution in [2.24, 2.45) is 0 Å². The van der Waals surface area contributed by atoms with Crippen LogP contribution in [0.1, 0.15) is 0 Å². The molecule has 54 valence electrons. The normalized spacial score (nSPS) is 9.30. The topological polar surface area (TPSA) is 24.9 Å². The highest BCUT2D eigenvalue weighted by Crippen LogP contribution is 1.97. The van der Waals surface area contributed by atoms with E-state index in [2.05, 4.69) is 10.3 Å². The number of rotatable bonds is 3. The van der Waals surface area contributed by atoms with E-state index in [1.54, 1.807) is 12.3 Å². The van der Waals surface area contributed by atoms with Gasteiger partial charge in [0, 0.05) is 12.7 Å². The third-order valence-corrected chi connectivity index (χ3v) is 1.07. The number of aromatic nitrogens is 1. The SMILES string of the molecule is FCCNc1ccccn1. The summed E-state index contributed by atoms with van der Waals surface area (Å²) in [7, 11) is 0. The zero-order valence-corrected chi connectivity index (χ0v) is 5.55. The van der Waals surface area contributed by atoms with Gasteiger partial charge in [0.2, 0.25) is 0 Å². The summed E-state index contributed by atoms with van der Waals surface area (Å²) in [4.78, 5) is 3.94. The Morgan fingerprint density at radius 3 is 3.00 bits per heavy atom. The average Bonchev–Trinajstić information content (AvgIpc) is 2.03. The van der Waals surface area contributed by atoms with Crippen LogP contribution >= 0.6 is 0 Å². The highest BCUT2D eigenvalue weighted by Gasteiger charge is 1.87. The molecular formula is C7H9FN2. The molecule has 10 heavy (non-hydrogen) atoms. The lowest BCUT2D eigenvalue weighted by atomic mass is 10.4. The van der Waals surface area contributed by atoms with E-state index < -0.39 is 0 Å². The highest BCUT2D eigenvalue weighted by molar-refractivity contribution is 5.32. The Kier molecular flexibility index (Phi) is 2.67. The number of anilines is 1. The molecule has 0 saturated carbocycles. The Balaban J connectivity index is 2.43. The van der Waals surface area contributed by atoms with Gasteiger partial charge in [-0.05, 0) is 12.1 Å². The van der Waals surface area contributed by atoms with E-state index >= 15 is 0 Å². The van der Waals surface area contributed by atoms with E-state index in [1.807, 2.05) is 12.1 Å². The third kappa shape index (κ3) is 2.01. The van der Waals surface area contributed by atoms with E-state index in [-0.39, 0.29) is 6.67 Å². The molecule has 0 aliphatic heterocycles. The van der Waals surface area contributed by atoms with E-state index in [0.717, 1.165) is 5.82 Å². The maximum Gasteiger partial charge on any atom is 0.125 e. The fourth-order valence-corrected chi connectivity index (χ4v) is 0.643. The van der Waals surface area contributed by atoms with E-state index in [0.29, 0.717) is 6.54 Å². The molecule has 1 aromatic heterocycles. The summed E-state index contributed by atoms with van der Waals surface area (Å²) in [5.74, 6) is 0.722. The number of pyridine rings is 1. The number of nitrogens with zero attached hydrogens (tertiary/aromatic N) is 1. The van der Waals surface area contributed by atoms with Gasteiger partial charge in [-0.3, -0.25) is 0 Å². The van der Waals surface area contributed by atoms with Crippen LogP contribution in [0.4, 0.5) is 10.2 Å². The molecule has 1 heterocycles. The quantitative estimate of drug-likeness (QED) is 0.687. The van der Waals surface area contributed by atoms with Gasteiger partial charge >= 0.3 is 0 Å². The first kappa shape index (κ1) is 6.99. The first-order chi connectivity index (χ1) is 4.93. The molecule has 0 aliphatic rings. The number of halogens is 1. The Bertz CT molecular complexity index is 176. The van der Waals surface area contributed by atoms with Crippen molar-refractivity contribution in [3.05, 3.63) is 24.4 Å². The Morgan fingerprint density at radius 2 is 2.40 bits per heavy atom. The van der Waals surface area contributed by atoms with Crippen LogP contribution in [0, 0.1) is 0 Å². The van der Waals surface area contributed by atoms with Gasteiger partial charge in [0.1, 0.15) is 12.5 Å². The Morgan fingerprint density at radius 1 is 1.50 bits per heavy atom. The third-order valence-electron chi connectivity index (χ3n) is 1.07. The van der Waals surface area contributed by atoms with Gasteiger partial charge < -0.3 is 5.32 Å². The smallest absolute Gasteiger partial charge is 0.125 e. The summed E-state index contributed by atoms with van der Waals surface area (Å²) in [6.07, 6.45) is 1.67. The summed E-state index contributed by atoms with van der Waals surface area (Å²) in [6.45, 7) is -0.0341. The van der Waals surface area contributed by atoms with Crippen LogP contribution < -0.4 is 5.32 Å². The van der Waals surface area contributed by atoms with E-state index in [4.69, 9.17) is 0 Å². The summed E-state index contributed by atoms with van der Waals surface area (Å²) in [5, 5.41) is 2.81. The fraction of sp³-hybridized carbons (Fsp3) is 0.286. The van der Waals surface area contributed by atoms with E-state index in [1.165, 1.54) is 0 Å². The molecule has 0 bridgehead atoms. The van der Waals surface area contributed by atoms with Crippen molar-refractivity contribution in [3.63, 3.8) is 0 Å². The zero-order chi connectivity index (χ0) is 7.23.